The van der Waals surface area contributed by atoms with Gasteiger partial charge in [0.2, 0.25) is 0 Å². The van der Waals surface area contributed by atoms with Gasteiger partial charge in [-0.1, -0.05) is 23.2 Å². The zero-order valence-corrected chi connectivity index (χ0v) is 8.71. The van der Waals surface area contributed by atoms with Crippen molar-refractivity contribution in [3.63, 3.8) is 0 Å². The summed E-state index contributed by atoms with van der Waals surface area (Å²) in [6, 6.07) is 4.02. The van der Waals surface area contributed by atoms with E-state index in [0.29, 0.717) is 16.1 Å². The second-order valence-corrected chi connectivity index (χ2v) is 4.08. The Morgan fingerprint density at radius 3 is 2.92 bits per heavy atom. The number of rotatable bonds is 0. The van der Waals surface area contributed by atoms with Crippen LogP contribution in [0, 0.1) is 0 Å². The summed E-state index contributed by atoms with van der Waals surface area (Å²) in [6.07, 6.45) is 0. The molecule has 0 saturated heterocycles. The Kier molecular flexibility index (Phi) is 2.26. The molecule has 0 bridgehead atoms. The molecular formula is C9H10Cl2N2. The summed E-state index contributed by atoms with van der Waals surface area (Å²) >= 11 is 11.9. The van der Waals surface area contributed by atoms with E-state index >= 15 is 0 Å². The van der Waals surface area contributed by atoms with Gasteiger partial charge in [-0.2, -0.15) is 0 Å². The Balaban J connectivity index is 2.47. The number of halogens is 2. The summed E-state index contributed by atoms with van der Waals surface area (Å²) in [5.41, 5.74) is 1.93. The van der Waals surface area contributed by atoms with Gasteiger partial charge >= 0.3 is 0 Å². The minimum atomic E-state index is 0.395. The molecule has 1 atom stereocenters. The monoisotopic (exact) mass is 216 g/mol. The first-order valence-corrected chi connectivity index (χ1v) is 4.92. The molecule has 0 spiro atoms. The molecule has 2 N–H and O–H groups in total. The largest absolute Gasteiger partial charge is 0.381 e. The van der Waals surface area contributed by atoms with Gasteiger partial charge in [-0.3, -0.25) is 0 Å². The Labute approximate surface area is 87.2 Å². The second-order valence-electron chi connectivity index (χ2n) is 3.24. The third-order valence-corrected chi connectivity index (χ3v) is 2.56. The molecule has 0 aliphatic carbocycles. The van der Waals surface area contributed by atoms with Crippen LogP contribution < -0.4 is 10.6 Å². The van der Waals surface area contributed by atoms with Crippen LogP contribution in [0.4, 0.5) is 11.4 Å². The predicted octanol–water partition coefficient (Wildman–Crippen LogP) is 3.22. The van der Waals surface area contributed by atoms with Crippen LogP contribution in [0.5, 0.6) is 0 Å². The van der Waals surface area contributed by atoms with Crippen molar-refractivity contribution in [2.75, 3.05) is 17.2 Å². The van der Waals surface area contributed by atoms with Crippen LogP contribution in [-0.4, -0.2) is 12.6 Å². The van der Waals surface area contributed by atoms with E-state index in [1.165, 1.54) is 0 Å². The fourth-order valence-electron chi connectivity index (χ4n) is 1.42. The number of anilines is 2. The molecule has 1 aliphatic rings. The van der Waals surface area contributed by atoms with Crippen molar-refractivity contribution in [2.45, 2.75) is 13.0 Å². The molecule has 1 unspecified atom stereocenters. The molecular weight excluding hydrogens is 207 g/mol. The number of hydrogen-bond donors (Lipinski definition) is 2. The lowest BCUT2D eigenvalue weighted by molar-refractivity contribution is 0.818. The Hall–Kier alpha value is -0.600. The molecule has 0 radical (unpaired) electrons. The molecule has 0 amide bonds. The van der Waals surface area contributed by atoms with Crippen molar-refractivity contribution in [1.82, 2.24) is 0 Å². The Morgan fingerprint density at radius 1 is 1.38 bits per heavy atom. The maximum atomic E-state index is 6.03. The van der Waals surface area contributed by atoms with Crippen LogP contribution in [0.3, 0.4) is 0 Å². The average Bonchev–Trinajstić information content (AvgIpc) is 2.06. The topological polar surface area (TPSA) is 24.1 Å². The van der Waals surface area contributed by atoms with Crippen LogP contribution in [0.1, 0.15) is 6.92 Å². The van der Waals surface area contributed by atoms with Crippen molar-refractivity contribution < 1.29 is 0 Å². The highest BCUT2D eigenvalue weighted by Gasteiger charge is 2.16. The lowest BCUT2D eigenvalue weighted by Crippen LogP contribution is -2.30. The van der Waals surface area contributed by atoms with Gasteiger partial charge in [0.05, 0.1) is 16.4 Å². The second kappa shape index (κ2) is 3.28. The third-order valence-electron chi connectivity index (χ3n) is 2.04. The average molecular weight is 217 g/mol. The smallest absolute Gasteiger partial charge is 0.0769 e. The Morgan fingerprint density at radius 2 is 2.15 bits per heavy atom. The van der Waals surface area contributed by atoms with Gasteiger partial charge in [0.1, 0.15) is 0 Å². The molecule has 1 heterocycles. The Bertz CT molecular complexity index is 339. The SMILES string of the molecule is CC1CNc2cc(Cl)cc(Cl)c2N1. The van der Waals surface area contributed by atoms with Crippen LogP contribution in [-0.2, 0) is 0 Å². The summed E-state index contributed by atoms with van der Waals surface area (Å²) in [5.74, 6) is 0. The van der Waals surface area contributed by atoms with Crippen molar-refractivity contribution in [2.24, 2.45) is 0 Å². The van der Waals surface area contributed by atoms with Crippen molar-refractivity contribution >= 4 is 34.6 Å². The lowest BCUT2D eigenvalue weighted by atomic mass is 10.2. The molecule has 1 aromatic rings. The molecule has 0 aromatic heterocycles. The van der Waals surface area contributed by atoms with E-state index in [4.69, 9.17) is 23.2 Å². The number of fused-ring (bicyclic) bond motifs is 1. The van der Waals surface area contributed by atoms with E-state index in [2.05, 4.69) is 17.6 Å². The first-order chi connectivity index (χ1) is 6.16. The van der Waals surface area contributed by atoms with Crippen molar-refractivity contribution in [3.05, 3.63) is 22.2 Å². The third kappa shape index (κ3) is 1.69. The van der Waals surface area contributed by atoms with E-state index in [0.717, 1.165) is 17.9 Å². The van der Waals surface area contributed by atoms with Crippen LogP contribution >= 0.6 is 23.2 Å². The molecule has 70 valence electrons. The zero-order valence-electron chi connectivity index (χ0n) is 7.20. The van der Waals surface area contributed by atoms with Crippen LogP contribution in [0.15, 0.2) is 12.1 Å². The number of benzene rings is 1. The van der Waals surface area contributed by atoms with Gasteiger partial charge in [0.25, 0.3) is 0 Å². The van der Waals surface area contributed by atoms with Gasteiger partial charge in [0.15, 0.2) is 0 Å². The minimum Gasteiger partial charge on any atom is -0.381 e. The summed E-state index contributed by atoms with van der Waals surface area (Å²) in [7, 11) is 0. The normalized spacial score (nSPS) is 20.1. The van der Waals surface area contributed by atoms with Gasteiger partial charge in [-0.15, -0.1) is 0 Å². The molecule has 0 saturated carbocycles. The summed E-state index contributed by atoms with van der Waals surface area (Å²) in [4.78, 5) is 0. The van der Waals surface area contributed by atoms with Crippen molar-refractivity contribution in [1.29, 1.82) is 0 Å². The maximum absolute atomic E-state index is 6.03. The minimum absolute atomic E-state index is 0.395. The van der Waals surface area contributed by atoms with E-state index in [1.54, 1.807) is 6.07 Å². The maximum Gasteiger partial charge on any atom is 0.0769 e. The van der Waals surface area contributed by atoms with Gasteiger partial charge in [0, 0.05) is 17.6 Å². The zero-order chi connectivity index (χ0) is 9.42. The first kappa shape index (κ1) is 8.97. The van der Waals surface area contributed by atoms with E-state index in [9.17, 15) is 0 Å². The molecule has 1 aromatic carbocycles. The van der Waals surface area contributed by atoms with Gasteiger partial charge in [-0.25, -0.2) is 0 Å². The molecule has 0 fully saturated rings. The highest BCUT2D eigenvalue weighted by molar-refractivity contribution is 6.37. The molecule has 2 nitrogen and oxygen atoms in total. The van der Waals surface area contributed by atoms with E-state index < -0.39 is 0 Å². The molecule has 13 heavy (non-hydrogen) atoms. The van der Waals surface area contributed by atoms with Crippen LogP contribution in [0.2, 0.25) is 10.0 Å². The van der Waals surface area contributed by atoms with E-state index in [1.807, 2.05) is 6.07 Å². The first-order valence-electron chi connectivity index (χ1n) is 4.16. The fourth-order valence-corrected chi connectivity index (χ4v) is 1.97. The summed E-state index contributed by atoms with van der Waals surface area (Å²) < 4.78 is 0. The number of hydrogen-bond acceptors (Lipinski definition) is 2. The standard InChI is InChI=1S/C9H10Cl2N2/c1-5-4-12-8-3-6(10)2-7(11)9(8)13-5/h2-3,5,12-13H,4H2,1H3. The fraction of sp³-hybridized carbons (Fsp3) is 0.333. The van der Waals surface area contributed by atoms with Gasteiger partial charge < -0.3 is 10.6 Å². The molecule has 4 heteroatoms. The van der Waals surface area contributed by atoms with Crippen LogP contribution in [0.25, 0.3) is 0 Å². The highest BCUT2D eigenvalue weighted by Crippen LogP contribution is 2.36. The predicted molar refractivity (Wildman–Crippen MR) is 58.0 cm³/mol. The summed E-state index contributed by atoms with van der Waals surface area (Å²) in [5, 5.41) is 7.89. The molecule has 1 aliphatic heterocycles. The quantitative estimate of drug-likeness (QED) is 0.697. The number of nitrogens with one attached hydrogen (secondary N) is 2. The van der Waals surface area contributed by atoms with Crippen molar-refractivity contribution in [3.8, 4) is 0 Å². The van der Waals surface area contributed by atoms with Gasteiger partial charge in [-0.05, 0) is 19.1 Å². The molecule has 2 rings (SSSR count). The lowest BCUT2D eigenvalue weighted by Gasteiger charge is -2.26. The highest BCUT2D eigenvalue weighted by atomic mass is 35.5. The van der Waals surface area contributed by atoms with E-state index in [-0.39, 0.29) is 0 Å². The summed E-state index contributed by atoms with van der Waals surface area (Å²) in [6.45, 7) is 2.99.